The largest absolute Gasteiger partial charge is 0.477 e. The van der Waals surface area contributed by atoms with Crippen molar-refractivity contribution in [1.82, 2.24) is 10.2 Å². The lowest BCUT2D eigenvalue weighted by atomic mass is 10.1. The highest BCUT2D eigenvalue weighted by Gasteiger charge is 2.24. The minimum atomic E-state index is -1.32. The topological polar surface area (TPSA) is 138 Å². The number of fused-ring (bicyclic) bond motifs is 1. The molecule has 0 radical (unpaired) electrons. The number of nitrogens with zero attached hydrogens (tertiary/aromatic N) is 3. The summed E-state index contributed by atoms with van der Waals surface area (Å²) in [4.78, 5) is 22.2. The Morgan fingerprint density at radius 1 is 1.20 bits per heavy atom. The van der Waals surface area contributed by atoms with E-state index in [1.807, 2.05) is 0 Å². The molecule has 0 saturated carbocycles. The molecule has 10 nitrogen and oxygen atoms in total. The second kappa shape index (κ2) is 8.05. The number of carboxylic acids is 1. The Morgan fingerprint density at radius 3 is 2.57 bits per heavy atom. The summed E-state index contributed by atoms with van der Waals surface area (Å²) in [5.74, 6) is -0.650. The fraction of sp³-hybridized carbons (Fsp3) is 0.0556. The van der Waals surface area contributed by atoms with Crippen LogP contribution in [0.4, 0.5) is 5.69 Å². The monoisotopic (exact) mass is 447 g/mol. The van der Waals surface area contributed by atoms with E-state index < -0.39 is 10.9 Å². The maximum atomic E-state index is 11.7. The Hall–Kier alpha value is -3.57. The van der Waals surface area contributed by atoms with Crippen molar-refractivity contribution in [2.75, 3.05) is 6.79 Å². The van der Waals surface area contributed by atoms with Crippen molar-refractivity contribution < 1.29 is 28.7 Å². The molecule has 3 aromatic rings. The van der Waals surface area contributed by atoms with Crippen LogP contribution in [0.15, 0.2) is 50.9 Å². The van der Waals surface area contributed by atoms with Gasteiger partial charge >= 0.3 is 5.97 Å². The van der Waals surface area contributed by atoms with Gasteiger partial charge in [0.2, 0.25) is 12.7 Å². The first-order valence-electron chi connectivity index (χ1n) is 8.21. The number of nitro groups is 1. The number of rotatable bonds is 6. The third-order valence-corrected chi connectivity index (χ3v) is 5.01. The van der Waals surface area contributed by atoms with Crippen molar-refractivity contribution in [2.24, 2.45) is 0 Å². The number of thioether (sulfide) groups is 1. The number of nitro benzene ring substituents is 1. The van der Waals surface area contributed by atoms with Crippen LogP contribution in [0.3, 0.4) is 0 Å². The number of halogens is 1. The third-order valence-electron chi connectivity index (χ3n) is 3.91. The highest BCUT2D eigenvalue weighted by Crippen LogP contribution is 2.40. The zero-order valence-electron chi connectivity index (χ0n) is 14.8. The normalized spacial score (nSPS) is 12.8. The van der Waals surface area contributed by atoms with E-state index in [2.05, 4.69) is 10.2 Å². The molecule has 0 unspecified atom stereocenters. The van der Waals surface area contributed by atoms with Gasteiger partial charge in [0.25, 0.3) is 10.9 Å². The molecule has 1 aliphatic heterocycles. The van der Waals surface area contributed by atoms with E-state index in [4.69, 9.17) is 25.5 Å². The highest BCUT2D eigenvalue weighted by molar-refractivity contribution is 8.03. The molecule has 2 heterocycles. The molecule has 12 heteroatoms. The SMILES string of the molecule is O=C(O)/C(=C/c1cc2c(cc1[N+](=O)[O-])OCO2)Sc1nnc(-c2ccc(Cl)cc2)o1. The number of aliphatic carboxylic acids is 1. The molecule has 4 rings (SSSR count). The second-order valence-corrected chi connectivity index (χ2v) is 7.25. The summed E-state index contributed by atoms with van der Waals surface area (Å²) >= 11 is 6.51. The third kappa shape index (κ3) is 4.07. The predicted octanol–water partition coefficient (Wildman–Crippen LogP) is 4.24. The van der Waals surface area contributed by atoms with Crippen LogP contribution in [0.5, 0.6) is 11.5 Å². The molecule has 0 aliphatic carbocycles. The van der Waals surface area contributed by atoms with Gasteiger partial charge in [-0.3, -0.25) is 10.1 Å². The second-order valence-electron chi connectivity index (χ2n) is 5.82. The summed E-state index contributed by atoms with van der Waals surface area (Å²) in [7, 11) is 0. The number of carboxylic acid groups (broad SMARTS) is 1. The smallest absolute Gasteiger partial charge is 0.342 e. The summed E-state index contributed by atoms with van der Waals surface area (Å²) < 4.78 is 15.8. The van der Waals surface area contributed by atoms with E-state index in [0.717, 1.165) is 6.08 Å². The van der Waals surface area contributed by atoms with Crippen LogP contribution in [0.25, 0.3) is 17.5 Å². The highest BCUT2D eigenvalue weighted by atomic mass is 35.5. The molecule has 30 heavy (non-hydrogen) atoms. The Labute approximate surface area is 177 Å². The van der Waals surface area contributed by atoms with Crippen molar-refractivity contribution >= 4 is 41.1 Å². The van der Waals surface area contributed by atoms with Crippen molar-refractivity contribution in [1.29, 1.82) is 0 Å². The predicted molar refractivity (Wildman–Crippen MR) is 105 cm³/mol. The van der Waals surface area contributed by atoms with Gasteiger partial charge in [0.1, 0.15) is 4.91 Å². The van der Waals surface area contributed by atoms with Gasteiger partial charge in [0.05, 0.1) is 16.6 Å². The average Bonchev–Trinajstić information content (AvgIpc) is 3.36. The summed E-state index contributed by atoms with van der Waals surface area (Å²) in [6.45, 7) is -0.0738. The van der Waals surface area contributed by atoms with Crippen molar-refractivity contribution in [2.45, 2.75) is 5.22 Å². The van der Waals surface area contributed by atoms with Gasteiger partial charge in [0, 0.05) is 10.6 Å². The molecular formula is C18H10ClN3O7S. The van der Waals surface area contributed by atoms with Crippen LogP contribution in [0, 0.1) is 10.1 Å². The molecule has 152 valence electrons. The van der Waals surface area contributed by atoms with E-state index in [1.54, 1.807) is 24.3 Å². The Kier molecular flexibility index (Phi) is 5.29. The maximum Gasteiger partial charge on any atom is 0.342 e. The number of ether oxygens (including phenoxy) is 2. The van der Waals surface area contributed by atoms with E-state index in [1.165, 1.54) is 12.1 Å². The minimum Gasteiger partial charge on any atom is -0.477 e. The van der Waals surface area contributed by atoms with Gasteiger partial charge in [-0.2, -0.15) is 0 Å². The number of hydrogen-bond acceptors (Lipinski definition) is 9. The van der Waals surface area contributed by atoms with Crippen molar-refractivity contribution in [3.8, 4) is 23.0 Å². The maximum absolute atomic E-state index is 11.7. The number of aromatic nitrogens is 2. The lowest BCUT2D eigenvalue weighted by Crippen LogP contribution is -1.98. The molecule has 1 N–H and O–H groups in total. The molecule has 0 spiro atoms. The summed E-state index contributed by atoms with van der Waals surface area (Å²) in [5.41, 5.74) is 0.309. The van der Waals surface area contributed by atoms with Gasteiger partial charge in [0.15, 0.2) is 11.5 Å². The van der Waals surface area contributed by atoms with Crippen LogP contribution in [-0.4, -0.2) is 33.0 Å². The van der Waals surface area contributed by atoms with Crippen LogP contribution in [-0.2, 0) is 4.79 Å². The quantitative estimate of drug-likeness (QED) is 0.252. The molecular weight excluding hydrogens is 438 g/mol. The summed E-state index contributed by atoms with van der Waals surface area (Å²) in [5, 5.41) is 29.1. The van der Waals surface area contributed by atoms with Crippen molar-refractivity contribution in [3.63, 3.8) is 0 Å². The van der Waals surface area contributed by atoms with Crippen LogP contribution in [0.2, 0.25) is 5.02 Å². The van der Waals surface area contributed by atoms with E-state index in [-0.39, 0.29) is 45.6 Å². The summed E-state index contributed by atoms with van der Waals surface area (Å²) in [6, 6.07) is 9.17. The summed E-state index contributed by atoms with van der Waals surface area (Å²) in [6.07, 6.45) is 1.14. The number of benzene rings is 2. The van der Waals surface area contributed by atoms with Crippen LogP contribution < -0.4 is 9.47 Å². The van der Waals surface area contributed by atoms with Crippen molar-refractivity contribution in [3.05, 3.63) is 62.0 Å². The Bertz CT molecular complexity index is 1180. The molecule has 0 fully saturated rings. The van der Waals surface area contributed by atoms with Crippen LogP contribution in [0.1, 0.15) is 5.56 Å². The van der Waals surface area contributed by atoms with Gasteiger partial charge in [-0.15, -0.1) is 10.2 Å². The fourth-order valence-corrected chi connectivity index (χ4v) is 3.34. The standard InChI is InChI=1S/C18H10ClN3O7S/c19-11-3-1-9(2-4-11)16-20-21-18(29-16)30-15(17(23)24)6-10-5-13-14(28-8-27-13)7-12(10)22(25)26/h1-7H,8H2,(H,23,24)/b15-6-. The minimum absolute atomic E-state index is 0.0339. The zero-order chi connectivity index (χ0) is 21.3. The first kappa shape index (κ1) is 19.7. The van der Waals surface area contributed by atoms with Crippen LogP contribution >= 0.6 is 23.4 Å². The molecule has 1 aliphatic rings. The molecule has 0 amide bonds. The first-order chi connectivity index (χ1) is 14.4. The van der Waals surface area contributed by atoms with E-state index >= 15 is 0 Å². The fourth-order valence-electron chi connectivity index (χ4n) is 2.55. The van der Waals surface area contributed by atoms with E-state index in [9.17, 15) is 20.0 Å². The molecule has 0 saturated heterocycles. The lowest BCUT2D eigenvalue weighted by molar-refractivity contribution is -0.385. The number of hydrogen-bond donors (Lipinski definition) is 1. The van der Waals surface area contributed by atoms with E-state index in [0.29, 0.717) is 22.3 Å². The van der Waals surface area contributed by atoms with Gasteiger partial charge in [-0.25, -0.2) is 4.79 Å². The molecule has 0 atom stereocenters. The van der Waals surface area contributed by atoms with Gasteiger partial charge in [-0.1, -0.05) is 11.6 Å². The molecule has 0 bridgehead atoms. The average molecular weight is 448 g/mol. The zero-order valence-corrected chi connectivity index (χ0v) is 16.3. The Balaban J connectivity index is 1.66. The van der Waals surface area contributed by atoms with Gasteiger partial charge < -0.3 is 19.0 Å². The molecule has 1 aromatic heterocycles. The number of carbonyl (C=O) groups is 1. The molecule has 2 aromatic carbocycles. The van der Waals surface area contributed by atoms with Gasteiger partial charge in [-0.05, 0) is 48.2 Å². The Morgan fingerprint density at radius 2 is 1.90 bits per heavy atom. The lowest BCUT2D eigenvalue weighted by Gasteiger charge is -2.03. The first-order valence-corrected chi connectivity index (χ1v) is 9.40.